The summed E-state index contributed by atoms with van der Waals surface area (Å²) in [5.41, 5.74) is 0. The van der Waals surface area contributed by atoms with Gasteiger partial charge >= 0.3 is 11.9 Å². The highest BCUT2D eigenvalue weighted by molar-refractivity contribution is 5.83. The minimum absolute atomic E-state index is 0.130. The van der Waals surface area contributed by atoms with Crippen molar-refractivity contribution >= 4 is 11.9 Å². The maximum atomic E-state index is 12.6. The molecule has 2 rings (SSSR count). The van der Waals surface area contributed by atoms with Gasteiger partial charge in [-0.05, 0) is 25.7 Å². The fraction of sp³-hybridized carbons (Fsp3) is 0.909. The summed E-state index contributed by atoms with van der Waals surface area (Å²) in [5, 5.41) is 0. The molecule has 0 radical (unpaired) electrons. The van der Waals surface area contributed by atoms with Crippen molar-refractivity contribution in [2.45, 2.75) is 103 Å². The minimum Gasteiger partial charge on any atom is -0.465 e. The number of carbonyl (C=O) groups excluding carboxylic acids is 2. The Kier molecular flexibility index (Phi) is 10.2. The molecule has 5 nitrogen and oxygen atoms in total. The smallest absolute Gasteiger partial charge is 0.312 e. The lowest BCUT2D eigenvalue weighted by Gasteiger charge is -2.25. The molecule has 0 N–H and O–H groups in total. The van der Waals surface area contributed by atoms with Gasteiger partial charge in [0.25, 0.3) is 0 Å². The van der Waals surface area contributed by atoms with Gasteiger partial charge < -0.3 is 14.2 Å². The molecule has 1 aliphatic heterocycles. The second-order valence-electron chi connectivity index (χ2n) is 8.01. The Morgan fingerprint density at radius 2 is 1.37 bits per heavy atom. The predicted molar refractivity (Wildman–Crippen MR) is 104 cm³/mol. The summed E-state index contributed by atoms with van der Waals surface area (Å²) in [5.74, 6) is -1.42. The van der Waals surface area contributed by atoms with Gasteiger partial charge in [-0.25, -0.2) is 0 Å². The second kappa shape index (κ2) is 12.4. The molecule has 0 amide bonds. The molecule has 0 spiro atoms. The van der Waals surface area contributed by atoms with E-state index in [1.165, 1.54) is 38.5 Å². The average molecular weight is 383 g/mol. The summed E-state index contributed by atoms with van der Waals surface area (Å²) in [6.45, 7) is 5.16. The maximum absolute atomic E-state index is 12.6. The van der Waals surface area contributed by atoms with E-state index in [-0.39, 0.29) is 24.1 Å². The summed E-state index contributed by atoms with van der Waals surface area (Å²) in [6.07, 6.45) is 13.0. The van der Waals surface area contributed by atoms with Crippen LogP contribution >= 0.6 is 0 Å². The van der Waals surface area contributed by atoms with Gasteiger partial charge in [0.05, 0.1) is 37.3 Å². The van der Waals surface area contributed by atoms with Crippen LogP contribution in [0.4, 0.5) is 0 Å². The van der Waals surface area contributed by atoms with Gasteiger partial charge in [0, 0.05) is 0 Å². The second-order valence-corrected chi connectivity index (χ2v) is 8.01. The Balaban J connectivity index is 1.65. The van der Waals surface area contributed by atoms with Crippen LogP contribution in [0.1, 0.15) is 90.9 Å². The fourth-order valence-electron chi connectivity index (χ4n) is 3.95. The zero-order valence-electron chi connectivity index (χ0n) is 17.3. The van der Waals surface area contributed by atoms with Crippen molar-refractivity contribution in [2.75, 3.05) is 13.2 Å². The summed E-state index contributed by atoms with van der Waals surface area (Å²) < 4.78 is 16.5. The third-order valence-electron chi connectivity index (χ3n) is 5.73. The fourth-order valence-corrected chi connectivity index (χ4v) is 3.95. The van der Waals surface area contributed by atoms with Crippen LogP contribution in [0.5, 0.6) is 0 Å². The van der Waals surface area contributed by atoms with E-state index in [2.05, 4.69) is 13.8 Å². The number of ether oxygens (including phenoxy) is 3. The molecule has 0 bridgehead atoms. The van der Waals surface area contributed by atoms with Crippen molar-refractivity contribution in [3.8, 4) is 0 Å². The molecule has 0 aromatic rings. The number of hydrogen-bond acceptors (Lipinski definition) is 5. The molecule has 156 valence electrons. The topological polar surface area (TPSA) is 65.1 Å². The first kappa shape index (κ1) is 22.2. The molecule has 5 heteroatoms. The zero-order valence-corrected chi connectivity index (χ0v) is 17.3. The summed E-state index contributed by atoms with van der Waals surface area (Å²) in [7, 11) is 0. The van der Waals surface area contributed by atoms with Gasteiger partial charge in [-0.2, -0.15) is 0 Å². The van der Waals surface area contributed by atoms with Crippen molar-refractivity contribution < 1.29 is 23.8 Å². The van der Waals surface area contributed by atoms with E-state index in [1.807, 2.05) is 0 Å². The van der Waals surface area contributed by atoms with E-state index in [9.17, 15) is 9.59 Å². The van der Waals surface area contributed by atoms with Crippen LogP contribution in [-0.2, 0) is 23.8 Å². The Labute approximate surface area is 164 Å². The quantitative estimate of drug-likeness (QED) is 0.245. The van der Waals surface area contributed by atoms with E-state index in [0.717, 1.165) is 32.1 Å². The van der Waals surface area contributed by atoms with Crippen LogP contribution in [-0.4, -0.2) is 37.4 Å². The van der Waals surface area contributed by atoms with Gasteiger partial charge in [-0.3, -0.25) is 9.59 Å². The third-order valence-corrected chi connectivity index (χ3v) is 5.73. The van der Waals surface area contributed by atoms with Gasteiger partial charge in [0.15, 0.2) is 0 Å². The maximum Gasteiger partial charge on any atom is 0.312 e. The first-order chi connectivity index (χ1) is 13.2. The molecule has 4 atom stereocenters. The van der Waals surface area contributed by atoms with Crippen molar-refractivity contribution in [1.82, 2.24) is 0 Å². The summed E-state index contributed by atoms with van der Waals surface area (Å²) in [6, 6.07) is 0. The van der Waals surface area contributed by atoms with Crippen molar-refractivity contribution in [3.63, 3.8) is 0 Å². The number of unbranched alkanes of at least 4 members (excludes halogenated alkanes) is 8. The highest BCUT2D eigenvalue weighted by Gasteiger charge is 2.57. The third kappa shape index (κ3) is 7.44. The molecule has 4 unspecified atom stereocenters. The monoisotopic (exact) mass is 382 g/mol. The normalized spacial score (nSPS) is 26.3. The molecule has 2 fully saturated rings. The van der Waals surface area contributed by atoms with Gasteiger partial charge in [-0.1, -0.05) is 65.2 Å². The standard InChI is InChI=1S/C22H38O5/c1-3-5-7-8-9-10-11-12-16-26-22(24)19-17(13-14-18-20(19)27-18)21(23)25-15-6-4-2/h17-20H,3-16H2,1-2H3. The minimum atomic E-state index is -0.480. The Bertz CT molecular complexity index is 450. The molecule has 1 saturated heterocycles. The van der Waals surface area contributed by atoms with E-state index in [4.69, 9.17) is 14.2 Å². The predicted octanol–water partition coefficient (Wildman–Crippen LogP) is 4.81. The number of hydrogen-bond donors (Lipinski definition) is 0. The van der Waals surface area contributed by atoms with Crippen LogP contribution in [0.15, 0.2) is 0 Å². The summed E-state index contributed by atoms with van der Waals surface area (Å²) in [4.78, 5) is 25.0. The van der Waals surface area contributed by atoms with E-state index in [1.54, 1.807) is 0 Å². The number of carbonyl (C=O) groups is 2. The van der Waals surface area contributed by atoms with Crippen LogP contribution in [0, 0.1) is 11.8 Å². The van der Waals surface area contributed by atoms with Gasteiger partial charge in [-0.15, -0.1) is 0 Å². The summed E-state index contributed by atoms with van der Waals surface area (Å²) >= 11 is 0. The van der Waals surface area contributed by atoms with E-state index < -0.39 is 11.8 Å². The lowest BCUT2D eigenvalue weighted by atomic mass is 9.79. The van der Waals surface area contributed by atoms with Crippen LogP contribution in [0.2, 0.25) is 0 Å². The van der Waals surface area contributed by atoms with Crippen LogP contribution in [0.3, 0.4) is 0 Å². The van der Waals surface area contributed by atoms with E-state index >= 15 is 0 Å². The molecule has 1 aliphatic carbocycles. The van der Waals surface area contributed by atoms with Crippen LogP contribution < -0.4 is 0 Å². The molecule has 1 saturated carbocycles. The molecule has 2 aliphatic rings. The van der Waals surface area contributed by atoms with Crippen LogP contribution in [0.25, 0.3) is 0 Å². The highest BCUT2D eigenvalue weighted by Crippen LogP contribution is 2.45. The lowest BCUT2D eigenvalue weighted by molar-refractivity contribution is -0.162. The first-order valence-corrected chi connectivity index (χ1v) is 11.2. The molecule has 0 aromatic carbocycles. The Morgan fingerprint density at radius 3 is 2.07 bits per heavy atom. The van der Waals surface area contributed by atoms with Crippen molar-refractivity contribution in [2.24, 2.45) is 11.8 Å². The SMILES string of the molecule is CCCCCCCCCCOC(=O)C1C(C(=O)OCCCC)CCC2OC21. The number of fused-ring (bicyclic) bond motifs is 1. The Morgan fingerprint density at radius 1 is 0.778 bits per heavy atom. The number of epoxide rings is 1. The first-order valence-electron chi connectivity index (χ1n) is 11.2. The molecular weight excluding hydrogens is 344 g/mol. The molecule has 0 aromatic heterocycles. The van der Waals surface area contributed by atoms with Gasteiger partial charge in [0.1, 0.15) is 0 Å². The molecule has 1 heterocycles. The number of rotatable bonds is 14. The lowest BCUT2D eigenvalue weighted by Crippen LogP contribution is -2.39. The van der Waals surface area contributed by atoms with Crippen molar-refractivity contribution in [3.05, 3.63) is 0 Å². The largest absolute Gasteiger partial charge is 0.465 e. The molecular formula is C22H38O5. The highest BCUT2D eigenvalue weighted by atomic mass is 16.6. The van der Waals surface area contributed by atoms with E-state index in [0.29, 0.717) is 19.6 Å². The van der Waals surface area contributed by atoms with Crippen molar-refractivity contribution in [1.29, 1.82) is 0 Å². The Hall–Kier alpha value is -1.10. The zero-order chi connectivity index (χ0) is 19.5. The average Bonchev–Trinajstić information content (AvgIpc) is 3.45. The number of esters is 2. The molecule has 27 heavy (non-hydrogen) atoms. The van der Waals surface area contributed by atoms with Gasteiger partial charge in [0.2, 0.25) is 0 Å².